The Hall–Kier alpha value is -1.06. The summed E-state index contributed by atoms with van der Waals surface area (Å²) in [5.74, 6) is 0.968. The number of ether oxygens (including phenoxy) is 1. The molecule has 1 aromatic rings. The van der Waals surface area contributed by atoms with E-state index in [0.29, 0.717) is 12.1 Å². The van der Waals surface area contributed by atoms with E-state index in [4.69, 9.17) is 4.74 Å². The Morgan fingerprint density at radius 3 is 2.78 bits per heavy atom. The molecule has 0 spiro atoms. The predicted octanol–water partition coefficient (Wildman–Crippen LogP) is 2.14. The highest BCUT2D eigenvalue weighted by molar-refractivity contribution is 5.20. The minimum Gasteiger partial charge on any atom is -0.492 e. The number of benzene rings is 1. The van der Waals surface area contributed by atoms with Crippen LogP contribution in [-0.2, 0) is 0 Å². The number of piperidine rings is 1. The maximum Gasteiger partial charge on any atom is 0.119 e. The van der Waals surface area contributed by atoms with Crippen LogP contribution in [0.15, 0.2) is 30.3 Å². The Morgan fingerprint density at radius 2 is 2.11 bits per heavy atom. The first kappa shape index (κ1) is 13.4. The van der Waals surface area contributed by atoms with Crippen LogP contribution in [0.5, 0.6) is 5.75 Å². The van der Waals surface area contributed by atoms with Crippen LogP contribution < -0.4 is 10.1 Å². The number of para-hydroxylation sites is 1. The summed E-state index contributed by atoms with van der Waals surface area (Å²) in [7, 11) is 2.06. The van der Waals surface area contributed by atoms with Crippen LogP contribution in [0.25, 0.3) is 0 Å². The van der Waals surface area contributed by atoms with Gasteiger partial charge >= 0.3 is 0 Å². The first-order chi connectivity index (χ1) is 8.79. The van der Waals surface area contributed by atoms with Crippen molar-refractivity contribution in [2.24, 2.45) is 0 Å². The van der Waals surface area contributed by atoms with Gasteiger partial charge in [-0.15, -0.1) is 0 Å². The van der Waals surface area contributed by atoms with Gasteiger partial charge in [-0.2, -0.15) is 0 Å². The van der Waals surface area contributed by atoms with Crippen LogP contribution in [0.3, 0.4) is 0 Å². The van der Waals surface area contributed by atoms with Crippen LogP contribution in [0.1, 0.15) is 19.8 Å². The van der Waals surface area contributed by atoms with E-state index in [-0.39, 0.29) is 0 Å². The summed E-state index contributed by atoms with van der Waals surface area (Å²) < 4.78 is 5.75. The Kier molecular flexibility index (Phi) is 5.02. The second kappa shape index (κ2) is 6.76. The fourth-order valence-corrected chi connectivity index (χ4v) is 2.61. The molecule has 1 heterocycles. The largest absolute Gasteiger partial charge is 0.492 e. The topological polar surface area (TPSA) is 24.5 Å². The van der Waals surface area contributed by atoms with Gasteiger partial charge in [-0.05, 0) is 38.9 Å². The molecule has 100 valence electrons. The molecule has 1 aliphatic rings. The Bertz CT molecular complexity index is 342. The smallest absolute Gasteiger partial charge is 0.119 e. The first-order valence-corrected chi connectivity index (χ1v) is 6.88. The van der Waals surface area contributed by atoms with E-state index >= 15 is 0 Å². The molecule has 0 aromatic heterocycles. The average Bonchev–Trinajstić information content (AvgIpc) is 2.42. The lowest BCUT2D eigenvalue weighted by Gasteiger charge is -2.37. The third-order valence-corrected chi connectivity index (χ3v) is 3.81. The Morgan fingerprint density at radius 1 is 1.33 bits per heavy atom. The molecule has 1 N–H and O–H groups in total. The van der Waals surface area contributed by atoms with Crippen molar-refractivity contribution in [2.75, 3.05) is 26.7 Å². The van der Waals surface area contributed by atoms with Gasteiger partial charge in [0, 0.05) is 25.2 Å². The van der Waals surface area contributed by atoms with Gasteiger partial charge in [0.1, 0.15) is 12.4 Å². The van der Waals surface area contributed by atoms with Crippen molar-refractivity contribution in [1.82, 2.24) is 10.2 Å². The second-order valence-electron chi connectivity index (χ2n) is 5.06. The molecule has 0 saturated carbocycles. The van der Waals surface area contributed by atoms with E-state index in [0.717, 1.165) is 18.9 Å². The molecule has 2 unspecified atom stereocenters. The molecule has 3 nitrogen and oxygen atoms in total. The van der Waals surface area contributed by atoms with Gasteiger partial charge in [0.15, 0.2) is 0 Å². The van der Waals surface area contributed by atoms with Crippen molar-refractivity contribution >= 4 is 0 Å². The van der Waals surface area contributed by atoms with E-state index < -0.39 is 0 Å². The lowest BCUT2D eigenvalue weighted by Crippen LogP contribution is -2.47. The van der Waals surface area contributed by atoms with Gasteiger partial charge in [-0.1, -0.05) is 18.2 Å². The van der Waals surface area contributed by atoms with Crippen molar-refractivity contribution in [1.29, 1.82) is 0 Å². The Balaban J connectivity index is 1.71. The minimum absolute atomic E-state index is 0.649. The number of hydrogen-bond donors (Lipinski definition) is 1. The normalized spacial score (nSPS) is 25.0. The fraction of sp³-hybridized carbons (Fsp3) is 0.600. The number of nitrogens with one attached hydrogen (secondary N) is 1. The van der Waals surface area contributed by atoms with Crippen molar-refractivity contribution in [3.63, 3.8) is 0 Å². The van der Waals surface area contributed by atoms with Crippen molar-refractivity contribution in [2.45, 2.75) is 31.8 Å². The Labute approximate surface area is 110 Å². The molecule has 2 atom stereocenters. The molecule has 1 aromatic carbocycles. The predicted molar refractivity (Wildman–Crippen MR) is 75.1 cm³/mol. The van der Waals surface area contributed by atoms with Gasteiger partial charge in [0.2, 0.25) is 0 Å². The SMILES string of the molecule is CNC1CCN(CCOc2ccccc2)C(C)C1. The number of likely N-dealkylation sites (tertiary alicyclic amines) is 1. The molecular formula is C15H24N2O. The summed E-state index contributed by atoms with van der Waals surface area (Å²) in [4.78, 5) is 2.52. The van der Waals surface area contributed by atoms with E-state index in [1.165, 1.54) is 19.4 Å². The molecular weight excluding hydrogens is 224 g/mol. The molecule has 3 heteroatoms. The van der Waals surface area contributed by atoms with E-state index in [2.05, 4.69) is 24.2 Å². The van der Waals surface area contributed by atoms with Crippen LogP contribution >= 0.6 is 0 Å². The molecule has 0 radical (unpaired) electrons. The molecule has 1 aliphatic heterocycles. The molecule has 0 bridgehead atoms. The molecule has 18 heavy (non-hydrogen) atoms. The van der Waals surface area contributed by atoms with Crippen molar-refractivity contribution in [3.8, 4) is 5.75 Å². The summed E-state index contributed by atoms with van der Waals surface area (Å²) in [5, 5.41) is 3.38. The third kappa shape index (κ3) is 3.72. The first-order valence-electron chi connectivity index (χ1n) is 6.88. The van der Waals surface area contributed by atoms with Gasteiger partial charge < -0.3 is 10.1 Å². The van der Waals surface area contributed by atoms with Gasteiger partial charge in [0.05, 0.1) is 0 Å². The monoisotopic (exact) mass is 248 g/mol. The quantitative estimate of drug-likeness (QED) is 0.864. The highest BCUT2D eigenvalue weighted by atomic mass is 16.5. The highest BCUT2D eigenvalue weighted by Gasteiger charge is 2.23. The fourth-order valence-electron chi connectivity index (χ4n) is 2.61. The summed E-state index contributed by atoms with van der Waals surface area (Å²) in [6, 6.07) is 11.4. The maximum atomic E-state index is 5.75. The van der Waals surface area contributed by atoms with E-state index in [1.807, 2.05) is 30.3 Å². The van der Waals surface area contributed by atoms with E-state index in [9.17, 15) is 0 Å². The molecule has 0 aliphatic carbocycles. The molecule has 1 fully saturated rings. The molecule has 1 saturated heterocycles. The zero-order chi connectivity index (χ0) is 12.8. The van der Waals surface area contributed by atoms with Crippen molar-refractivity contribution in [3.05, 3.63) is 30.3 Å². The zero-order valence-electron chi connectivity index (χ0n) is 11.4. The standard InChI is InChI=1S/C15H24N2O/c1-13-12-14(16-2)8-9-17(13)10-11-18-15-6-4-3-5-7-15/h3-7,13-14,16H,8-12H2,1-2H3. The summed E-state index contributed by atoms with van der Waals surface area (Å²) in [5.41, 5.74) is 0. The lowest BCUT2D eigenvalue weighted by atomic mass is 9.98. The van der Waals surface area contributed by atoms with Crippen LogP contribution in [0.2, 0.25) is 0 Å². The maximum absolute atomic E-state index is 5.75. The highest BCUT2D eigenvalue weighted by Crippen LogP contribution is 2.17. The van der Waals surface area contributed by atoms with E-state index in [1.54, 1.807) is 0 Å². The van der Waals surface area contributed by atoms with Crippen LogP contribution in [-0.4, -0.2) is 43.7 Å². The van der Waals surface area contributed by atoms with Crippen LogP contribution in [0.4, 0.5) is 0 Å². The van der Waals surface area contributed by atoms with Gasteiger partial charge in [-0.3, -0.25) is 4.90 Å². The summed E-state index contributed by atoms with van der Waals surface area (Å²) in [6.07, 6.45) is 2.48. The average molecular weight is 248 g/mol. The number of rotatable bonds is 5. The second-order valence-corrected chi connectivity index (χ2v) is 5.06. The zero-order valence-corrected chi connectivity index (χ0v) is 11.4. The summed E-state index contributed by atoms with van der Waals surface area (Å²) in [6.45, 7) is 5.28. The summed E-state index contributed by atoms with van der Waals surface area (Å²) >= 11 is 0. The molecule has 0 amide bonds. The van der Waals surface area contributed by atoms with Gasteiger partial charge in [0.25, 0.3) is 0 Å². The van der Waals surface area contributed by atoms with Crippen molar-refractivity contribution < 1.29 is 4.74 Å². The minimum atomic E-state index is 0.649. The van der Waals surface area contributed by atoms with Crippen LogP contribution in [0, 0.1) is 0 Å². The van der Waals surface area contributed by atoms with Gasteiger partial charge in [-0.25, -0.2) is 0 Å². The number of nitrogens with zero attached hydrogens (tertiary/aromatic N) is 1. The lowest BCUT2D eigenvalue weighted by molar-refractivity contribution is 0.117. The third-order valence-electron chi connectivity index (χ3n) is 3.81. The number of hydrogen-bond acceptors (Lipinski definition) is 3. The molecule has 2 rings (SSSR count).